The van der Waals surface area contributed by atoms with Gasteiger partial charge in [0.25, 0.3) is 0 Å². The monoisotopic (exact) mass is 346 g/mol. The van der Waals surface area contributed by atoms with Crippen LogP contribution in [0.3, 0.4) is 0 Å². The maximum Gasteiger partial charge on any atom is 0.237 e. The highest BCUT2D eigenvalue weighted by molar-refractivity contribution is 6.30. The summed E-state index contributed by atoms with van der Waals surface area (Å²) in [5, 5.41) is 3.86. The molecule has 0 atom stereocenters. The van der Waals surface area contributed by atoms with E-state index in [2.05, 4.69) is 5.32 Å². The van der Waals surface area contributed by atoms with E-state index < -0.39 is 5.54 Å². The van der Waals surface area contributed by atoms with Crippen LogP contribution in [0.2, 0.25) is 5.02 Å². The minimum atomic E-state index is -0.694. The predicted molar refractivity (Wildman–Crippen MR) is 97.2 cm³/mol. The third-order valence-electron chi connectivity index (χ3n) is 3.81. The molecule has 2 aromatic carbocycles. The largest absolute Gasteiger partial charge is 0.489 e. The van der Waals surface area contributed by atoms with Crippen molar-refractivity contribution in [3.8, 4) is 5.75 Å². The Morgan fingerprint density at radius 2 is 1.88 bits per heavy atom. The highest BCUT2D eigenvalue weighted by atomic mass is 35.5. The number of primary amides is 1. The van der Waals surface area contributed by atoms with E-state index in [1.54, 1.807) is 13.8 Å². The Hall–Kier alpha value is -2.04. The second-order valence-electron chi connectivity index (χ2n) is 6.23. The molecule has 0 aliphatic rings. The molecule has 128 valence electrons. The van der Waals surface area contributed by atoms with E-state index in [1.807, 2.05) is 48.5 Å². The van der Waals surface area contributed by atoms with E-state index in [-0.39, 0.29) is 5.91 Å². The molecule has 24 heavy (non-hydrogen) atoms. The molecule has 0 fully saturated rings. The first-order valence-electron chi connectivity index (χ1n) is 7.88. The van der Waals surface area contributed by atoms with Crippen molar-refractivity contribution < 1.29 is 9.53 Å². The molecule has 0 bridgehead atoms. The van der Waals surface area contributed by atoms with Crippen molar-refractivity contribution in [3.63, 3.8) is 0 Å². The van der Waals surface area contributed by atoms with E-state index in [1.165, 1.54) is 0 Å². The Morgan fingerprint density at radius 3 is 2.50 bits per heavy atom. The fourth-order valence-corrected chi connectivity index (χ4v) is 2.37. The van der Waals surface area contributed by atoms with Gasteiger partial charge in [-0.15, -0.1) is 0 Å². The van der Waals surface area contributed by atoms with Crippen molar-refractivity contribution in [2.45, 2.75) is 32.4 Å². The normalized spacial score (nSPS) is 11.3. The highest BCUT2D eigenvalue weighted by Gasteiger charge is 2.23. The third-order valence-corrected chi connectivity index (χ3v) is 4.05. The van der Waals surface area contributed by atoms with Gasteiger partial charge in [0, 0.05) is 11.6 Å². The Bertz CT molecular complexity index is 684. The van der Waals surface area contributed by atoms with Crippen molar-refractivity contribution in [1.82, 2.24) is 5.32 Å². The number of carbonyl (C=O) groups is 1. The number of nitrogens with two attached hydrogens (primary N) is 1. The van der Waals surface area contributed by atoms with Gasteiger partial charge in [0.05, 0.1) is 5.54 Å². The van der Waals surface area contributed by atoms with Crippen LogP contribution >= 0.6 is 11.6 Å². The van der Waals surface area contributed by atoms with E-state index >= 15 is 0 Å². The summed E-state index contributed by atoms with van der Waals surface area (Å²) in [6.45, 7) is 4.72. The average molecular weight is 347 g/mol. The van der Waals surface area contributed by atoms with Crippen molar-refractivity contribution in [2.24, 2.45) is 5.73 Å². The van der Waals surface area contributed by atoms with Crippen molar-refractivity contribution in [1.29, 1.82) is 0 Å². The van der Waals surface area contributed by atoms with Gasteiger partial charge in [0.15, 0.2) is 0 Å². The zero-order valence-electron chi connectivity index (χ0n) is 14.0. The fraction of sp³-hybridized carbons (Fsp3) is 0.316. The number of ether oxygens (including phenoxy) is 1. The molecule has 0 unspecified atom stereocenters. The van der Waals surface area contributed by atoms with Gasteiger partial charge in [-0.05, 0) is 55.7 Å². The Balaban J connectivity index is 1.81. The number of nitrogens with one attached hydrogen (secondary N) is 1. The summed E-state index contributed by atoms with van der Waals surface area (Å²) in [6, 6.07) is 15.5. The van der Waals surface area contributed by atoms with Gasteiger partial charge in [-0.3, -0.25) is 4.79 Å². The van der Waals surface area contributed by atoms with Crippen LogP contribution in [0, 0.1) is 0 Å². The zero-order chi connectivity index (χ0) is 17.6. The minimum Gasteiger partial charge on any atom is -0.489 e. The van der Waals surface area contributed by atoms with E-state index in [9.17, 15) is 4.79 Å². The molecular weight excluding hydrogens is 324 g/mol. The number of hydrogen-bond acceptors (Lipinski definition) is 3. The first-order valence-corrected chi connectivity index (χ1v) is 8.26. The second-order valence-corrected chi connectivity index (χ2v) is 6.67. The summed E-state index contributed by atoms with van der Waals surface area (Å²) in [5.74, 6) is 0.455. The Kier molecular flexibility index (Phi) is 6.23. The SMILES string of the molecule is CC(C)(NCCc1ccc(OCc2cccc(Cl)c2)cc1)C(N)=O. The first kappa shape index (κ1) is 18.3. The van der Waals surface area contributed by atoms with Crippen molar-refractivity contribution in [2.75, 3.05) is 6.54 Å². The molecule has 4 nitrogen and oxygen atoms in total. The Morgan fingerprint density at radius 1 is 1.17 bits per heavy atom. The standard InChI is InChI=1S/C19H23ClN2O2/c1-19(2,18(21)23)22-11-10-14-6-8-17(9-7-14)24-13-15-4-3-5-16(20)12-15/h3-9,12,22H,10-11,13H2,1-2H3,(H2,21,23). The maximum absolute atomic E-state index is 11.3. The van der Waals surface area contributed by atoms with Crippen LogP contribution < -0.4 is 15.8 Å². The van der Waals surface area contributed by atoms with Crippen LogP contribution in [0.1, 0.15) is 25.0 Å². The van der Waals surface area contributed by atoms with Gasteiger partial charge >= 0.3 is 0 Å². The quantitative estimate of drug-likeness (QED) is 0.770. The fourth-order valence-electron chi connectivity index (χ4n) is 2.15. The number of amides is 1. The van der Waals surface area contributed by atoms with Crippen LogP contribution in [0.5, 0.6) is 5.75 Å². The summed E-state index contributed by atoms with van der Waals surface area (Å²) < 4.78 is 5.76. The number of carbonyl (C=O) groups excluding carboxylic acids is 1. The smallest absolute Gasteiger partial charge is 0.237 e. The lowest BCUT2D eigenvalue weighted by atomic mass is 10.0. The lowest BCUT2D eigenvalue weighted by molar-refractivity contribution is -0.123. The van der Waals surface area contributed by atoms with Gasteiger partial charge in [0.1, 0.15) is 12.4 Å². The molecule has 0 aliphatic carbocycles. The van der Waals surface area contributed by atoms with Crippen molar-refractivity contribution >= 4 is 17.5 Å². The molecule has 0 saturated heterocycles. The number of hydrogen-bond donors (Lipinski definition) is 2. The summed E-state index contributed by atoms with van der Waals surface area (Å²) in [4.78, 5) is 11.3. The lowest BCUT2D eigenvalue weighted by Gasteiger charge is -2.22. The highest BCUT2D eigenvalue weighted by Crippen LogP contribution is 2.16. The van der Waals surface area contributed by atoms with E-state index in [0.717, 1.165) is 23.3 Å². The lowest BCUT2D eigenvalue weighted by Crippen LogP contribution is -2.51. The van der Waals surface area contributed by atoms with Crippen LogP contribution in [0.15, 0.2) is 48.5 Å². The summed E-state index contributed by atoms with van der Waals surface area (Å²) in [5.41, 5.74) is 6.84. The number of halogens is 1. The summed E-state index contributed by atoms with van der Waals surface area (Å²) in [6.07, 6.45) is 0.811. The number of benzene rings is 2. The maximum atomic E-state index is 11.3. The molecule has 0 heterocycles. The molecule has 0 radical (unpaired) electrons. The molecule has 5 heteroatoms. The molecule has 0 spiro atoms. The molecule has 1 amide bonds. The topological polar surface area (TPSA) is 64.3 Å². The van der Waals surface area contributed by atoms with Gasteiger partial charge in [0.2, 0.25) is 5.91 Å². The van der Waals surface area contributed by atoms with Crippen LogP contribution in [-0.4, -0.2) is 18.0 Å². The first-order chi connectivity index (χ1) is 11.4. The Labute approximate surface area is 148 Å². The number of rotatable bonds is 8. The van der Waals surface area contributed by atoms with Crippen molar-refractivity contribution in [3.05, 3.63) is 64.7 Å². The molecule has 0 aromatic heterocycles. The summed E-state index contributed by atoms with van der Waals surface area (Å²) in [7, 11) is 0. The molecule has 0 saturated carbocycles. The van der Waals surface area contributed by atoms with Crippen LogP contribution in [0.25, 0.3) is 0 Å². The molecule has 0 aliphatic heterocycles. The predicted octanol–water partition coefficient (Wildman–Crippen LogP) is 3.32. The molecule has 3 N–H and O–H groups in total. The van der Waals surface area contributed by atoms with Gasteiger partial charge < -0.3 is 15.8 Å². The van der Waals surface area contributed by atoms with Crippen LogP contribution in [0.4, 0.5) is 0 Å². The molecule has 2 rings (SSSR count). The van der Waals surface area contributed by atoms with Gasteiger partial charge in [-0.25, -0.2) is 0 Å². The molecule has 2 aromatic rings. The zero-order valence-corrected chi connectivity index (χ0v) is 14.8. The molecular formula is C19H23ClN2O2. The van der Waals surface area contributed by atoms with E-state index in [4.69, 9.17) is 22.1 Å². The minimum absolute atomic E-state index is 0.354. The average Bonchev–Trinajstić information content (AvgIpc) is 2.54. The second kappa shape index (κ2) is 8.18. The van der Waals surface area contributed by atoms with E-state index in [0.29, 0.717) is 18.2 Å². The third kappa shape index (κ3) is 5.55. The van der Waals surface area contributed by atoms with Crippen LogP contribution in [-0.2, 0) is 17.8 Å². The summed E-state index contributed by atoms with van der Waals surface area (Å²) >= 11 is 5.96. The van der Waals surface area contributed by atoms with Gasteiger partial charge in [-0.1, -0.05) is 35.9 Å². The van der Waals surface area contributed by atoms with Gasteiger partial charge in [-0.2, -0.15) is 0 Å².